The van der Waals surface area contributed by atoms with E-state index in [1.807, 2.05) is 18.2 Å². The largest absolute Gasteiger partial charge is 2.00 e. The van der Waals surface area contributed by atoms with Crippen LogP contribution < -0.4 is 12.4 Å². The second kappa shape index (κ2) is 19.4. The Hall–Kier alpha value is 0.809. The van der Waals surface area contributed by atoms with Gasteiger partial charge in [-0.15, -0.1) is 0 Å². The predicted octanol–water partition coefficient (Wildman–Crippen LogP) is -0.945. The van der Waals surface area contributed by atoms with Gasteiger partial charge in [0.1, 0.15) is 0 Å². The number of rotatable bonds is 1. The first-order chi connectivity index (χ1) is 5.31. The van der Waals surface area contributed by atoms with E-state index < -0.39 is 0 Å². The van der Waals surface area contributed by atoms with Gasteiger partial charge in [-0.1, -0.05) is 49.2 Å². The molecule has 1 aromatic rings. The molecular weight excluding hydrogens is 219 g/mol. The molecule has 0 N–H and O–H groups in total. The van der Waals surface area contributed by atoms with Crippen LogP contribution >= 0.6 is 0 Å². The summed E-state index contributed by atoms with van der Waals surface area (Å²) in [4.78, 5) is 0. The van der Waals surface area contributed by atoms with Crippen LogP contribution in [0.25, 0.3) is 0 Å². The first-order valence-corrected chi connectivity index (χ1v) is 4.12. The molecule has 14 heavy (non-hydrogen) atoms. The van der Waals surface area contributed by atoms with Gasteiger partial charge in [-0.05, 0) is 6.92 Å². The van der Waals surface area contributed by atoms with E-state index in [2.05, 4.69) is 32.9 Å². The number of unbranched alkanes of at least 4 members (excludes halogenated alkanes) is 1. The van der Waals surface area contributed by atoms with Gasteiger partial charge in [-0.3, -0.25) is 0 Å². The van der Waals surface area contributed by atoms with Crippen LogP contribution in [-0.2, 0) is 0 Å². The predicted molar refractivity (Wildman–Crippen MR) is 67.1 cm³/mol. The van der Waals surface area contributed by atoms with E-state index in [1.165, 1.54) is 12.0 Å². The normalized spacial score (nSPS) is 6.50. The molecule has 0 amide bonds. The third-order valence-electron chi connectivity index (χ3n) is 1.29. The maximum Gasteiger partial charge on any atom is 2.00 e. The third kappa shape index (κ3) is 18.6. The van der Waals surface area contributed by atoms with E-state index in [9.17, 15) is 0 Å². The average molecular weight is 239 g/mol. The molecule has 0 radical (unpaired) electrons. The van der Waals surface area contributed by atoms with Crippen molar-refractivity contribution >= 4 is 40.4 Å². The topological polar surface area (TPSA) is 0 Å². The molecule has 1 aromatic carbocycles. The Morgan fingerprint density at radius 3 is 1.64 bits per heavy atom. The molecule has 0 saturated heterocycles. The second-order valence-electron chi connectivity index (χ2n) is 2.51. The first-order valence-electron chi connectivity index (χ1n) is 4.12. The molecule has 0 atom stereocenters. The van der Waals surface area contributed by atoms with E-state index in [0.717, 1.165) is 6.42 Å². The van der Waals surface area contributed by atoms with Crippen LogP contribution in [-0.4, -0.2) is 40.4 Å². The van der Waals surface area contributed by atoms with Gasteiger partial charge in [0.2, 0.25) is 0 Å². The number of hydrogen-bond donors (Lipinski definition) is 0. The summed E-state index contributed by atoms with van der Waals surface area (Å²) in [7, 11) is 0. The molecule has 0 aliphatic carbocycles. The van der Waals surface area contributed by atoms with E-state index >= 15 is 0 Å². The Bertz CT molecular complexity index is 166. The van der Waals surface area contributed by atoms with E-state index in [-0.39, 0.29) is 52.8 Å². The van der Waals surface area contributed by atoms with Gasteiger partial charge in [-0.2, -0.15) is 6.42 Å². The smallest absolute Gasteiger partial charge is 1.00 e. The molecule has 3 heteroatoms. The van der Waals surface area contributed by atoms with Crippen LogP contribution in [0.5, 0.6) is 0 Å². The van der Waals surface area contributed by atoms with Crippen molar-refractivity contribution in [3.05, 3.63) is 42.8 Å². The summed E-state index contributed by atoms with van der Waals surface area (Å²) in [5, 5.41) is 0. The van der Waals surface area contributed by atoms with Crippen LogP contribution in [0.3, 0.4) is 0 Å². The molecule has 0 heterocycles. The van der Waals surface area contributed by atoms with Crippen LogP contribution in [0.4, 0.5) is 0 Å². The van der Waals surface area contributed by atoms with Gasteiger partial charge >= 0.3 is 23.1 Å². The van der Waals surface area contributed by atoms with Crippen molar-refractivity contribution in [1.29, 1.82) is 0 Å². The van der Waals surface area contributed by atoms with Crippen molar-refractivity contribution in [2.24, 2.45) is 0 Å². The molecule has 0 saturated carbocycles. The number of hydrogen-bond acceptors (Lipinski definition) is 0. The van der Waals surface area contributed by atoms with E-state index in [0.29, 0.717) is 0 Å². The molecule has 76 valence electrons. The van der Waals surface area contributed by atoms with E-state index in [4.69, 9.17) is 0 Å². The minimum Gasteiger partial charge on any atom is -1.00 e. The van der Waals surface area contributed by atoms with Crippen molar-refractivity contribution < 1.29 is 12.4 Å². The quantitative estimate of drug-likeness (QED) is 0.438. The Balaban J connectivity index is -0.0000000650. The van der Waals surface area contributed by atoms with Crippen LogP contribution in [0.1, 0.15) is 25.3 Å². The Morgan fingerprint density at radius 1 is 1.14 bits per heavy atom. The number of benzene rings is 1. The van der Waals surface area contributed by atoms with Gasteiger partial charge in [-0.25, -0.2) is 0 Å². The van der Waals surface area contributed by atoms with Crippen LogP contribution in [0, 0.1) is 13.8 Å². The van der Waals surface area contributed by atoms with Crippen molar-refractivity contribution in [3.8, 4) is 0 Å². The van der Waals surface area contributed by atoms with E-state index in [1.54, 1.807) is 0 Å². The standard InChI is InChI=1S/C7H8.C4H9.Al.ClH.Mg.3H/c1-7-5-3-2-4-6-7;1-3-4-2;;;;;;/h2-6H,1H3;1,3-4H2,2H3;;1H;;;;/q;-1;;;+2;;;/p-1. The molecule has 0 aromatic heterocycles. The van der Waals surface area contributed by atoms with Crippen molar-refractivity contribution in [2.45, 2.75) is 26.7 Å². The second-order valence-corrected chi connectivity index (χ2v) is 2.51. The van der Waals surface area contributed by atoms with Gasteiger partial charge in [0.05, 0.1) is 0 Å². The molecule has 0 spiro atoms. The zero-order valence-corrected chi connectivity index (χ0v) is 10.8. The summed E-state index contributed by atoms with van der Waals surface area (Å²) < 4.78 is 0. The van der Waals surface area contributed by atoms with Crippen molar-refractivity contribution in [2.75, 3.05) is 0 Å². The fraction of sp³-hybridized carbons (Fsp3) is 0.364. The molecular formula is C11H20AlClMg. The SMILES string of the molecule is Cc1ccccc1.[AlH3].[CH2-]CCC.[Cl-].[Mg+2]. The van der Waals surface area contributed by atoms with Gasteiger partial charge < -0.3 is 19.3 Å². The fourth-order valence-corrected chi connectivity index (χ4v) is 0.534. The third-order valence-corrected chi connectivity index (χ3v) is 1.29. The van der Waals surface area contributed by atoms with Crippen LogP contribution in [0.2, 0.25) is 0 Å². The summed E-state index contributed by atoms with van der Waals surface area (Å²) in [5.41, 5.74) is 1.32. The number of halogens is 1. The summed E-state index contributed by atoms with van der Waals surface area (Å²) in [5.74, 6) is 0. The molecule has 0 unspecified atom stereocenters. The van der Waals surface area contributed by atoms with Gasteiger partial charge in [0.25, 0.3) is 0 Å². The number of aryl methyl sites for hydroxylation is 1. The minimum atomic E-state index is 0. The maximum atomic E-state index is 3.60. The fourth-order valence-electron chi connectivity index (χ4n) is 0.534. The van der Waals surface area contributed by atoms with Gasteiger partial charge in [0.15, 0.2) is 17.4 Å². The average Bonchev–Trinajstić information content (AvgIpc) is 2.07. The van der Waals surface area contributed by atoms with Crippen molar-refractivity contribution in [3.63, 3.8) is 0 Å². The molecule has 0 nitrogen and oxygen atoms in total. The molecule has 0 aliphatic rings. The Labute approximate surface area is 122 Å². The first kappa shape index (κ1) is 24.2. The van der Waals surface area contributed by atoms with Crippen molar-refractivity contribution in [1.82, 2.24) is 0 Å². The Morgan fingerprint density at radius 2 is 1.50 bits per heavy atom. The van der Waals surface area contributed by atoms with Crippen LogP contribution in [0.15, 0.2) is 30.3 Å². The molecule has 0 bridgehead atoms. The Kier molecular flexibility index (Phi) is 33.5. The van der Waals surface area contributed by atoms with Gasteiger partial charge in [0, 0.05) is 0 Å². The summed E-state index contributed by atoms with van der Waals surface area (Å²) >= 11 is 0. The molecule has 0 fully saturated rings. The molecule has 1 rings (SSSR count). The summed E-state index contributed by atoms with van der Waals surface area (Å²) in [6.07, 6.45) is 2.28. The molecule has 0 aliphatic heterocycles. The monoisotopic (exact) mass is 238 g/mol. The zero-order valence-electron chi connectivity index (χ0n) is 8.59. The minimum absolute atomic E-state index is 0. The maximum absolute atomic E-state index is 3.60. The summed E-state index contributed by atoms with van der Waals surface area (Å²) in [6.45, 7) is 7.81. The summed E-state index contributed by atoms with van der Waals surface area (Å²) in [6, 6.07) is 10.3. The zero-order chi connectivity index (χ0) is 8.53.